The highest BCUT2D eigenvalue weighted by atomic mass is 35.6. The van der Waals surface area contributed by atoms with Gasteiger partial charge in [-0.1, -0.05) is 34.8 Å². The Kier molecular flexibility index (Phi) is 3.51. The molecular formula is C3Cl4F2. The van der Waals surface area contributed by atoms with Gasteiger partial charge < -0.3 is 0 Å². The minimum Gasteiger partial charge on any atom is -0.203 e. The van der Waals surface area contributed by atoms with Gasteiger partial charge >= 0.3 is 0 Å². The Labute approximate surface area is 70.3 Å². The third-order valence-corrected chi connectivity index (χ3v) is 1.08. The average molecular weight is 216 g/mol. The predicted octanol–water partition coefficient (Wildman–Crippen LogP) is 3.70. The van der Waals surface area contributed by atoms with Gasteiger partial charge in [0.05, 0.1) is 0 Å². The molecule has 0 nitrogen and oxygen atoms in total. The minimum atomic E-state index is -2.40. The SMILES string of the molecule is FC(Cl)=C(F)C(Cl)(Cl)Cl. The van der Waals surface area contributed by atoms with Crippen molar-refractivity contribution >= 4 is 46.4 Å². The molecule has 0 aliphatic rings. The molecule has 0 heterocycles. The van der Waals surface area contributed by atoms with Crippen LogP contribution in [0.3, 0.4) is 0 Å². The second-order valence-corrected chi connectivity index (χ2v) is 3.69. The van der Waals surface area contributed by atoms with Crippen molar-refractivity contribution in [1.29, 1.82) is 0 Å². The lowest BCUT2D eigenvalue weighted by Gasteiger charge is -2.05. The van der Waals surface area contributed by atoms with Crippen LogP contribution in [0, 0.1) is 0 Å². The third-order valence-electron chi connectivity index (χ3n) is 0.415. The minimum absolute atomic E-state index is 1.60. The molecule has 6 heteroatoms. The van der Waals surface area contributed by atoms with E-state index in [1.54, 1.807) is 0 Å². The van der Waals surface area contributed by atoms with Gasteiger partial charge in [-0.05, 0) is 11.6 Å². The van der Waals surface area contributed by atoms with E-state index in [0.717, 1.165) is 0 Å². The number of hydrogen-bond donors (Lipinski definition) is 0. The molecule has 54 valence electrons. The van der Waals surface area contributed by atoms with E-state index >= 15 is 0 Å². The Balaban J connectivity index is 4.40. The summed E-state index contributed by atoms with van der Waals surface area (Å²) in [5.74, 6) is -1.60. The molecule has 0 aromatic heterocycles. The Morgan fingerprint density at radius 2 is 1.44 bits per heavy atom. The fourth-order valence-electron chi connectivity index (χ4n) is 0.107. The number of hydrogen-bond acceptors (Lipinski definition) is 0. The lowest BCUT2D eigenvalue weighted by atomic mass is 10.7. The highest BCUT2D eigenvalue weighted by Gasteiger charge is 2.29. The van der Waals surface area contributed by atoms with Crippen LogP contribution in [0.25, 0.3) is 0 Å². The fraction of sp³-hybridized carbons (Fsp3) is 0.333. The van der Waals surface area contributed by atoms with Crippen molar-refractivity contribution in [3.8, 4) is 0 Å². The molecule has 0 atom stereocenters. The molecule has 0 saturated carbocycles. The number of allylic oxidation sites excluding steroid dienone is 1. The summed E-state index contributed by atoms with van der Waals surface area (Å²) < 4.78 is 21.2. The highest BCUT2D eigenvalue weighted by Crippen LogP contribution is 2.38. The van der Waals surface area contributed by atoms with E-state index < -0.39 is 14.9 Å². The van der Waals surface area contributed by atoms with Crippen LogP contribution in [0.1, 0.15) is 0 Å². The van der Waals surface area contributed by atoms with E-state index in [0.29, 0.717) is 0 Å². The van der Waals surface area contributed by atoms with Crippen LogP contribution in [-0.4, -0.2) is 3.79 Å². The van der Waals surface area contributed by atoms with Crippen LogP contribution in [0.5, 0.6) is 0 Å². The van der Waals surface area contributed by atoms with Crippen molar-refractivity contribution in [2.24, 2.45) is 0 Å². The fourth-order valence-corrected chi connectivity index (χ4v) is 0.643. The normalized spacial score (nSPS) is 15.3. The smallest absolute Gasteiger partial charge is 0.203 e. The quantitative estimate of drug-likeness (QED) is 0.541. The Hall–Kier alpha value is 0.760. The first kappa shape index (κ1) is 9.76. The van der Waals surface area contributed by atoms with Crippen LogP contribution >= 0.6 is 46.4 Å². The van der Waals surface area contributed by atoms with Crippen LogP contribution < -0.4 is 0 Å². The van der Waals surface area contributed by atoms with Crippen LogP contribution in [0.2, 0.25) is 0 Å². The third kappa shape index (κ3) is 3.46. The van der Waals surface area contributed by atoms with E-state index in [1.807, 2.05) is 0 Å². The van der Waals surface area contributed by atoms with Crippen molar-refractivity contribution in [3.05, 3.63) is 11.1 Å². The summed E-state index contributed by atoms with van der Waals surface area (Å²) in [6.45, 7) is 0. The first-order valence-corrected chi connectivity index (χ1v) is 3.15. The van der Waals surface area contributed by atoms with Gasteiger partial charge in [-0.15, -0.1) is 0 Å². The lowest BCUT2D eigenvalue weighted by Crippen LogP contribution is -2.02. The van der Waals surface area contributed by atoms with Gasteiger partial charge in [0.1, 0.15) is 0 Å². The molecule has 0 radical (unpaired) electrons. The topological polar surface area (TPSA) is 0 Å². The van der Waals surface area contributed by atoms with Gasteiger partial charge in [0.15, 0.2) is 5.83 Å². The molecule has 0 unspecified atom stereocenters. The summed E-state index contributed by atoms with van der Waals surface area (Å²) >= 11 is 19.1. The molecule has 9 heavy (non-hydrogen) atoms. The molecule has 0 saturated heterocycles. The van der Waals surface area contributed by atoms with Gasteiger partial charge in [-0.3, -0.25) is 0 Å². The molecule has 0 fully saturated rings. The van der Waals surface area contributed by atoms with Crippen LogP contribution in [0.4, 0.5) is 8.78 Å². The summed E-state index contributed by atoms with van der Waals surface area (Å²) in [5.41, 5.74) is 0. The van der Waals surface area contributed by atoms with Gasteiger partial charge in [0.25, 0.3) is 0 Å². The van der Waals surface area contributed by atoms with E-state index in [4.69, 9.17) is 34.8 Å². The predicted molar refractivity (Wildman–Crippen MR) is 35.4 cm³/mol. The molecule has 0 aliphatic carbocycles. The molecule has 0 rings (SSSR count). The Morgan fingerprint density at radius 3 is 1.44 bits per heavy atom. The highest BCUT2D eigenvalue weighted by molar-refractivity contribution is 6.69. The van der Waals surface area contributed by atoms with Gasteiger partial charge in [0.2, 0.25) is 9.08 Å². The number of rotatable bonds is 0. The van der Waals surface area contributed by atoms with E-state index in [-0.39, 0.29) is 0 Å². The maximum atomic E-state index is 12.0. The Morgan fingerprint density at radius 1 is 1.11 bits per heavy atom. The monoisotopic (exact) mass is 214 g/mol. The van der Waals surface area contributed by atoms with Crippen LogP contribution in [0.15, 0.2) is 11.1 Å². The van der Waals surface area contributed by atoms with Gasteiger partial charge in [0, 0.05) is 0 Å². The molecule has 0 spiro atoms. The summed E-state index contributed by atoms with van der Waals surface area (Å²) in [6.07, 6.45) is 0. The summed E-state index contributed by atoms with van der Waals surface area (Å²) in [5, 5.41) is -1.64. The maximum Gasteiger partial charge on any atom is 0.245 e. The summed E-state index contributed by atoms with van der Waals surface area (Å²) in [7, 11) is 0. The second kappa shape index (κ2) is 3.24. The van der Waals surface area contributed by atoms with Gasteiger partial charge in [-0.2, -0.15) is 4.39 Å². The largest absolute Gasteiger partial charge is 0.245 e. The van der Waals surface area contributed by atoms with Crippen molar-refractivity contribution in [1.82, 2.24) is 0 Å². The number of halogens is 6. The zero-order valence-electron chi connectivity index (χ0n) is 3.77. The molecule has 0 aromatic carbocycles. The van der Waals surface area contributed by atoms with Crippen molar-refractivity contribution in [2.45, 2.75) is 3.79 Å². The standard InChI is InChI=1S/C3Cl4F2/c4-2(9)1(8)3(5,6)7. The summed E-state index contributed by atoms with van der Waals surface area (Å²) in [6, 6.07) is 0. The van der Waals surface area contributed by atoms with Crippen molar-refractivity contribution in [3.63, 3.8) is 0 Å². The first-order chi connectivity index (χ1) is 3.85. The van der Waals surface area contributed by atoms with Crippen molar-refractivity contribution in [2.75, 3.05) is 0 Å². The average Bonchev–Trinajstić information content (AvgIpc) is 1.62. The second-order valence-electron chi connectivity index (χ2n) is 1.07. The zero-order chi connectivity index (χ0) is 7.65. The molecular weight excluding hydrogens is 216 g/mol. The molecule has 0 amide bonds. The van der Waals surface area contributed by atoms with Gasteiger partial charge in [-0.25, -0.2) is 4.39 Å². The molecule has 0 bridgehead atoms. The number of alkyl halides is 3. The van der Waals surface area contributed by atoms with Crippen LogP contribution in [-0.2, 0) is 0 Å². The van der Waals surface area contributed by atoms with Crippen molar-refractivity contribution < 1.29 is 8.78 Å². The molecule has 0 aromatic rings. The molecule has 0 N–H and O–H groups in total. The van der Waals surface area contributed by atoms with E-state index in [2.05, 4.69) is 11.6 Å². The summed E-state index contributed by atoms with van der Waals surface area (Å²) in [4.78, 5) is 0. The van der Waals surface area contributed by atoms with E-state index in [9.17, 15) is 8.78 Å². The first-order valence-electron chi connectivity index (χ1n) is 1.63. The lowest BCUT2D eigenvalue weighted by molar-refractivity contribution is 0.556. The Bertz CT molecular complexity index is 131. The maximum absolute atomic E-state index is 12.0. The zero-order valence-corrected chi connectivity index (χ0v) is 6.79. The molecule has 0 aliphatic heterocycles. The van der Waals surface area contributed by atoms with E-state index in [1.165, 1.54) is 0 Å².